The summed E-state index contributed by atoms with van der Waals surface area (Å²) in [6, 6.07) is 6.44. The molecule has 0 radical (unpaired) electrons. The Hall–Kier alpha value is -1.72. The maximum absolute atomic E-state index is 12.9. The van der Waals surface area contributed by atoms with Crippen molar-refractivity contribution in [2.75, 3.05) is 26.2 Å². The van der Waals surface area contributed by atoms with Gasteiger partial charge in [0.15, 0.2) is 0 Å². The van der Waals surface area contributed by atoms with E-state index in [9.17, 15) is 4.39 Å². The van der Waals surface area contributed by atoms with Crippen molar-refractivity contribution < 1.29 is 13.5 Å². The van der Waals surface area contributed by atoms with Gasteiger partial charge in [-0.15, -0.1) is 0 Å². The van der Waals surface area contributed by atoms with E-state index in [1.54, 1.807) is 18.3 Å². The van der Waals surface area contributed by atoms with Gasteiger partial charge in [0.05, 0.1) is 12.8 Å². The number of nitrogens with zero attached hydrogens (tertiary/aromatic N) is 2. The summed E-state index contributed by atoms with van der Waals surface area (Å²) in [7, 11) is 0. The van der Waals surface area contributed by atoms with Gasteiger partial charge < -0.3 is 9.15 Å². The van der Waals surface area contributed by atoms with Crippen LogP contribution in [0.3, 0.4) is 0 Å². The van der Waals surface area contributed by atoms with Crippen LogP contribution < -0.4 is 0 Å². The second-order valence-corrected chi connectivity index (χ2v) is 6.48. The predicted molar refractivity (Wildman–Crippen MR) is 85.7 cm³/mol. The number of hydrogen-bond acceptors (Lipinski definition) is 4. The molecular formula is C18H23FN2O2. The third kappa shape index (κ3) is 4.39. The lowest BCUT2D eigenvalue weighted by Gasteiger charge is -2.32. The monoisotopic (exact) mass is 318 g/mol. The van der Waals surface area contributed by atoms with Gasteiger partial charge in [-0.25, -0.2) is 9.37 Å². The van der Waals surface area contributed by atoms with E-state index in [1.807, 2.05) is 0 Å². The third-order valence-corrected chi connectivity index (χ3v) is 3.91. The van der Waals surface area contributed by atoms with Crippen LogP contribution in [0.15, 0.2) is 34.9 Å². The van der Waals surface area contributed by atoms with E-state index in [2.05, 4.69) is 23.7 Å². The van der Waals surface area contributed by atoms with Gasteiger partial charge in [0, 0.05) is 26.1 Å². The van der Waals surface area contributed by atoms with Crippen LogP contribution in [0.2, 0.25) is 0 Å². The quantitative estimate of drug-likeness (QED) is 0.846. The van der Waals surface area contributed by atoms with Gasteiger partial charge in [0.2, 0.25) is 5.89 Å². The highest BCUT2D eigenvalue weighted by atomic mass is 19.1. The molecule has 4 nitrogen and oxygen atoms in total. The largest absolute Gasteiger partial charge is 0.442 e. The number of rotatable bonds is 5. The lowest BCUT2D eigenvalue weighted by molar-refractivity contribution is -0.0458. The van der Waals surface area contributed by atoms with Gasteiger partial charge in [0.25, 0.3) is 0 Å². The zero-order chi connectivity index (χ0) is 16.2. The molecule has 23 heavy (non-hydrogen) atoms. The molecule has 2 heterocycles. The Kier molecular flexibility index (Phi) is 5.08. The summed E-state index contributed by atoms with van der Waals surface area (Å²) in [4.78, 5) is 6.77. The molecule has 1 aromatic carbocycles. The molecule has 0 spiro atoms. The minimum Gasteiger partial charge on any atom is -0.442 e. The molecule has 2 aromatic rings. The van der Waals surface area contributed by atoms with Crippen molar-refractivity contribution in [2.45, 2.75) is 26.4 Å². The number of hydrogen-bond donors (Lipinski definition) is 0. The Morgan fingerprint density at radius 1 is 1.30 bits per heavy atom. The van der Waals surface area contributed by atoms with Crippen LogP contribution in [-0.4, -0.2) is 36.1 Å². The van der Waals surface area contributed by atoms with E-state index in [4.69, 9.17) is 9.15 Å². The summed E-state index contributed by atoms with van der Waals surface area (Å²) in [5, 5.41) is 0. The molecular weight excluding hydrogens is 295 g/mol. The topological polar surface area (TPSA) is 38.5 Å². The van der Waals surface area contributed by atoms with Crippen LogP contribution in [0.25, 0.3) is 0 Å². The number of oxazole rings is 1. The van der Waals surface area contributed by atoms with Crippen LogP contribution in [0.4, 0.5) is 4.39 Å². The first kappa shape index (κ1) is 16.1. The second kappa shape index (κ2) is 7.23. The van der Waals surface area contributed by atoms with Gasteiger partial charge in [0.1, 0.15) is 17.7 Å². The molecule has 1 aliphatic rings. The minimum atomic E-state index is -0.229. The van der Waals surface area contributed by atoms with Crippen molar-refractivity contribution in [1.29, 1.82) is 0 Å². The Morgan fingerprint density at radius 2 is 2.09 bits per heavy atom. The van der Waals surface area contributed by atoms with E-state index in [0.717, 1.165) is 31.0 Å². The van der Waals surface area contributed by atoms with Crippen LogP contribution in [0.5, 0.6) is 0 Å². The third-order valence-electron chi connectivity index (χ3n) is 3.91. The fraction of sp³-hybridized carbons (Fsp3) is 0.500. The number of benzene rings is 1. The zero-order valence-electron chi connectivity index (χ0n) is 13.7. The molecule has 0 aliphatic carbocycles. The lowest BCUT2D eigenvalue weighted by Crippen LogP contribution is -2.40. The summed E-state index contributed by atoms with van der Waals surface area (Å²) in [6.07, 6.45) is 2.24. The number of morpholine rings is 1. The molecule has 3 rings (SSSR count). The number of ether oxygens (including phenoxy) is 1. The van der Waals surface area contributed by atoms with Crippen molar-refractivity contribution in [2.24, 2.45) is 5.92 Å². The fourth-order valence-corrected chi connectivity index (χ4v) is 2.89. The highest BCUT2D eigenvalue weighted by Crippen LogP contribution is 2.23. The van der Waals surface area contributed by atoms with Gasteiger partial charge >= 0.3 is 0 Å². The fourth-order valence-electron chi connectivity index (χ4n) is 2.89. The van der Waals surface area contributed by atoms with E-state index in [0.29, 0.717) is 24.8 Å². The molecule has 5 heteroatoms. The van der Waals surface area contributed by atoms with Crippen molar-refractivity contribution in [1.82, 2.24) is 9.88 Å². The predicted octanol–water partition coefficient (Wildman–Crippen LogP) is 3.43. The summed E-state index contributed by atoms with van der Waals surface area (Å²) in [6.45, 7) is 7.97. The van der Waals surface area contributed by atoms with E-state index >= 15 is 0 Å². The first-order chi connectivity index (χ1) is 11.1. The second-order valence-electron chi connectivity index (χ2n) is 6.48. The Morgan fingerprint density at radius 3 is 2.83 bits per heavy atom. The summed E-state index contributed by atoms with van der Waals surface area (Å²) in [5.74, 6) is 1.81. The summed E-state index contributed by atoms with van der Waals surface area (Å²) >= 11 is 0. The van der Waals surface area contributed by atoms with E-state index in [1.165, 1.54) is 12.1 Å². The normalized spacial score (nSPS) is 19.4. The van der Waals surface area contributed by atoms with Crippen molar-refractivity contribution >= 4 is 0 Å². The summed E-state index contributed by atoms with van der Waals surface area (Å²) in [5.41, 5.74) is 1.00. The van der Waals surface area contributed by atoms with E-state index in [-0.39, 0.29) is 11.9 Å². The van der Waals surface area contributed by atoms with Gasteiger partial charge in [-0.1, -0.05) is 26.0 Å². The standard InChI is InChI=1S/C18H23FN2O2/c1-13(2)11-21-7-8-22-17(12-21)18-20-10-16(23-18)9-14-3-5-15(19)6-4-14/h3-6,10,13,17H,7-9,11-12H2,1-2H3/t17-/m0/s1. The average Bonchev–Trinajstić information content (AvgIpc) is 2.98. The molecule has 0 unspecified atom stereocenters. The Labute approximate surface area is 136 Å². The number of halogens is 1. The highest BCUT2D eigenvalue weighted by Gasteiger charge is 2.26. The molecule has 0 bridgehead atoms. The zero-order valence-corrected chi connectivity index (χ0v) is 13.7. The average molecular weight is 318 g/mol. The van der Waals surface area contributed by atoms with Crippen molar-refractivity contribution in [3.8, 4) is 0 Å². The molecule has 1 atom stereocenters. The molecule has 0 amide bonds. The first-order valence-electron chi connectivity index (χ1n) is 8.13. The maximum atomic E-state index is 12.9. The summed E-state index contributed by atoms with van der Waals surface area (Å²) < 4.78 is 24.6. The molecule has 0 saturated carbocycles. The Bertz CT molecular complexity index is 624. The molecule has 124 valence electrons. The van der Waals surface area contributed by atoms with Gasteiger partial charge in [-0.05, 0) is 23.6 Å². The van der Waals surface area contributed by atoms with Gasteiger partial charge in [-0.2, -0.15) is 0 Å². The van der Waals surface area contributed by atoms with Crippen LogP contribution in [-0.2, 0) is 11.2 Å². The lowest BCUT2D eigenvalue weighted by atomic mass is 10.1. The van der Waals surface area contributed by atoms with E-state index < -0.39 is 0 Å². The minimum absolute atomic E-state index is 0.107. The van der Waals surface area contributed by atoms with Crippen LogP contribution in [0.1, 0.15) is 37.2 Å². The molecule has 1 saturated heterocycles. The SMILES string of the molecule is CC(C)CN1CCO[C@H](c2ncc(Cc3ccc(F)cc3)o2)C1. The Balaban J connectivity index is 1.63. The van der Waals surface area contributed by atoms with Crippen LogP contribution >= 0.6 is 0 Å². The van der Waals surface area contributed by atoms with Crippen molar-refractivity contribution in [3.63, 3.8) is 0 Å². The maximum Gasteiger partial charge on any atom is 0.224 e. The van der Waals surface area contributed by atoms with Gasteiger partial charge in [-0.3, -0.25) is 4.90 Å². The first-order valence-corrected chi connectivity index (χ1v) is 8.13. The molecule has 1 aliphatic heterocycles. The van der Waals surface area contributed by atoms with Crippen molar-refractivity contribution in [3.05, 3.63) is 53.5 Å². The number of aromatic nitrogens is 1. The van der Waals surface area contributed by atoms with Crippen LogP contribution in [0, 0.1) is 11.7 Å². The highest BCUT2D eigenvalue weighted by molar-refractivity contribution is 5.20. The molecule has 1 aromatic heterocycles. The molecule has 1 fully saturated rings. The molecule has 0 N–H and O–H groups in total. The smallest absolute Gasteiger partial charge is 0.224 e.